The van der Waals surface area contributed by atoms with Crippen LogP contribution < -0.4 is 5.73 Å². The number of benzene rings is 1. The Morgan fingerprint density at radius 3 is 2.42 bits per heavy atom. The Morgan fingerprint density at radius 1 is 1.21 bits per heavy atom. The largest absolute Gasteiger partial charge is 0.338 e. The minimum absolute atomic E-state index is 0.0334. The standard InChI is InChI=1S/C18H23N3O3/c1-12-6-8-20(13(10-12)11-19)16(22)7-9-21-17(23)14-4-2-3-5-15(14)18(21)24/h2-5,12-13H,6-11,19H2,1H3. The van der Waals surface area contributed by atoms with Crippen molar-refractivity contribution in [2.45, 2.75) is 32.2 Å². The lowest BCUT2D eigenvalue weighted by molar-refractivity contribution is -0.135. The van der Waals surface area contributed by atoms with Crippen LogP contribution in [0, 0.1) is 5.92 Å². The van der Waals surface area contributed by atoms with Crippen molar-refractivity contribution < 1.29 is 14.4 Å². The molecule has 3 amide bonds. The Balaban J connectivity index is 1.63. The molecular formula is C18H23N3O3. The second-order valence-corrected chi connectivity index (χ2v) is 6.66. The minimum Gasteiger partial charge on any atom is -0.338 e. The number of likely N-dealkylation sites (tertiary alicyclic amines) is 1. The van der Waals surface area contributed by atoms with Gasteiger partial charge in [0.25, 0.3) is 11.8 Å². The average Bonchev–Trinajstić information content (AvgIpc) is 2.84. The van der Waals surface area contributed by atoms with Crippen LogP contribution in [0.25, 0.3) is 0 Å². The smallest absolute Gasteiger partial charge is 0.261 e. The van der Waals surface area contributed by atoms with Crippen molar-refractivity contribution in [3.05, 3.63) is 35.4 Å². The van der Waals surface area contributed by atoms with Crippen LogP contribution in [0.4, 0.5) is 0 Å². The van der Waals surface area contributed by atoms with E-state index in [2.05, 4.69) is 6.92 Å². The third-order valence-electron chi connectivity index (χ3n) is 5.00. The highest BCUT2D eigenvalue weighted by Crippen LogP contribution is 2.24. The summed E-state index contributed by atoms with van der Waals surface area (Å²) in [5, 5.41) is 0. The van der Waals surface area contributed by atoms with Crippen molar-refractivity contribution in [2.24, 2.45) is 11.7 Å². The number of amides is 3. The van der Waals surface area contributed by atoms with Gasteiger partial charge in [0.2, 0.25) is 5.91 Å². The van der Waals surface area contributed by atoms with Gasteiger partial charge in [0.05, 0.1) is 11.1 Å². The molecule has 0 saturated carbocycles. The van der Waals surface area contributed by atoms with Gasteiger partial charge < -0.3 is 10.6 Å². The van der Waals surface area contributed by atoms with Gasteiger partial charge in [-0.25, -0.2) is 0 Å². The fourth-order valence-electron chi connectivity index (χ4n) is 3.60. The molecule has 6 heteroatoms. The second-order valence-electron chi connectivity index (χ2n) is 6.66. The summed E-state index contributed by atoms with van der Waals surface area (Å²) in [6, 6.07) is 6.82. The lowest BCUT2D eigenvalue weighted by atomic mass is 9.92. The van der Waals surface area contributed by atoms with Crippen LogP contribution in [-0.4, -0.2) is 53.2 Å². The lowest BCUT2D eigenvalue weighted by Crippen LogP contribution is -2.50. The number of rotatable bonds is 4. The minimum atomic E-state index is -0.314. The Labute approximate surface area is 141 Å². The summed E-state index contributed by atoms with van der Waals surface area (Å²) in [4.78, 5) is 40.2. The van der Waals surface area contributed by atoms with Crippen molar-refractivity contribution in [1.29, 1.82) is 0 Å². The predicted octanol–water partition coefficient (Wildman–Crippen LogP) is 1.26. The monoisotopic (exact) mass is 329 g/mol. The van der Waals surface area contributed by atoms with E-state index in [0.717, 1.165) is 12.8 Å². The van der Waals surface area contributed by atoms with Crippen molar-refractivity contribution >= 4 is 17.7 Å². The van der Waals surface area contributed by atoms with Crippen LogP contribution in [0.15, 0.2) is 24.3 Å². The van der Waals surface area contributed by atoms with E-state index in [0.29, 0.717) is 30.1 Å². The number of carbonyl (C=O) groups excluding carboxylic acids is 3. The summed E-state index contributed by atoms with van der Waals surface area (Å²) in [5.74, 6) is -0.0928. The van der Waals surface area contributed by atoms with Gasteiger partial charge in [0, 0.05) is 32.1 Å². The van der Waals surface area contributed by atoms with E-state index in [1.165, 1.54) is 4.90 Å². The van der Waals surface area contributed by atoms with E-state index < -0.39 is 0 Å². The zero-order valence-electron chi connectivity index (χ0n) is 13.9. The molecule has 6 nitrogen and oxygen atoms in total. The van der Waals surface area contributed by atoms with Gasteiger partial charge in [-0.05, 0) is 30.9 Å². The van der Waals surface area contributed by atoms with E-state index >= 15 is 0 Å². The molecule has 2 N–H and O–H groups in total. The first kappa shape index (κ1) is 16.6. The summed E-state index contributed by atoms with van der Waals surface area (Å²) in [5.41, 5.74) is 6.64. The van der Waals surface area contributed by atoms with E-state index in [4.69, 9.17) is 5.73 Å². The first-order valence-electron chi connectivity index (χ1n) is 8.47. The van der Waals surface area contributed by atoms with Gasteiger partial charge in [-0.3, -0.25) is 19.3 Å². The molecular weight excluding hydrogens is 306 g/mol. The number of carbonyl (C=O) groups is 3. The maximum Gasteiger partial charge on any atom is 0.261 e. The lowest BCUT2D eigenvalue weighted by Gasteiger charge is -2.38. The summed E-state index contributed by atoms with van der Waals surface area (Å²) >= 11 is 0. The fourth-order valence-corrected chi connectivity index (χ4v) is 3.60. The van der Waals surface area contributed by atoms with Crippen molar-refractivity contribution in [3.8, 4) is 0 Å². The topological polar surface area (TPSA) is 83.7 Å². The van der Waals surface area contributed by atoms with Crippen molar-refractivity contribution in [1.82, 2.24) is 9.80 Å². The zero-order valence-corrected chi connectivity index (χ0v) is 13.9. The highest BCUT2D eigenvalue weighted by molar-refractivity contribution is 6.21. The molecule has 0 spiro atoms. The molecule has 1 aromatic carbocycles. The molecule has 0 bridgehead atoms. The van der Waals surface area contributed by atoms with Crippen LogP contribution in [0.5, 0.6) is 0 Å². The summed E-state index contributed by atoms with van der Waals surface area (Å²) in [6.07, 6.45) is 2.03. The third kappa shape index (κ3) is 2.94. The van der Waals surface area contributed by atoms with Crippen LogP contribution in [0.2, 0.25) is 0 Å². The number of nitrogens with two attached hydrogens (primary N) is 1. The molecule has 2 unspecified atom stereocenters. The number of hydrogen-bond acceptors (Lipinski definition) is 4. The van der Waals surface area contributed by atoms with E-state index in [1.54, 1.807) is 24.3 Å². The Hall–Kier alpha value is -2.21. The SMILES string of the molecule is CC1CCN(C(=O)CCN2C(=O)c3ccccc3C2=O)C(CN)C1. The molecule has 1 aromatic rings. The summed E-state index contributed by atoms with van der Waals surface area (Å²) in [6.45, 7) is 3.44. The number of imide groups is 1. The first-order valence-corrected chi connectivity index (χ1v) is 8.47. The zero-order chi connectivity index (χ0) is 17.3. The number of piperidine rings is 1. The van der Waals surface area contributed by atoms with Gasteiger partial charge in [-0.1, -0.05) is 19.1 Å². The molecule has 3 rings (SSSR count). The van der Waals surface area contributed by atoms with Gasteiger partial charge in [-0.2, -0.15) is 0 Å². The summed E-state index contributed by atoms with van der Waals surface area (Å²) < 4.78 is 0. The number of fused-ring (bicyclic) bond motifs is 1. The quantitative estimate of drug-likeness (QED) is 0.843. The number of nitrogens with zero attached hydrogens (tertiary/aromatic N) is 2. The van der Waals surface area contributed by atoms with Crippen molar-refractivity contribution in [3.63, 3.8) is 0 Å². The summed E-state index contributed by atoms with van der Waals surface area (Å²) in [7, 11) is 0. The molecule has 2 atom stereocenters. The molecule has 1 saturated heterocycles. The Bertz CT molecular complexity index is 638. The maximum absolute atomic E-state index is 12.5. The van der Waals surface area contributed by atoms with Gasteiger partial charge in [-0.15, -0.1) is 0 Å². The molecule has 2 aliphatic heterocycles. The third-order valence-corrected chi connectivity index (χ3v) is 5.00. The van der Waals surface area contributed by atoms with Crippen molar-refractivity contribution in [2.75, 3.05) is 19.6 Å². The van der Waals surface area contributed by atoms with Crippen LogP contribution in [0.3, 0.4) is 0 Å². The van der Waals surface area contributed by atoms with E-state index in [9.17, 15) is 14.4 Å². The average molecular weight is 329 g/mol. The van der Waals surface area contributed by atoms with Gasteiger partial charge >= 0.3 is 0 Å². The van der Waals surface area contributed by atoms with Gasteiger partial charge in [0.1, 0.15) is 0 Å². The number of hydrogen-bond donors (Lipinski definition) is 1. The van der Waals surface area contributed by atoms with E-state index in [1.807, 2.05) is 4.90 Å². The molecule has 2 heterocycles. The second kappa shape index (κ2) is 6.73. The first-order chi connectivity index (χ1) is 11.5. The molecule has 0 aromatic heterocycles. The highest BCUT2D eigenvalue weighted by atomic mass is 16.2. The Morgan fingerprint density at radius 2 is 1.83 bits per heavy atom. The predicted molar refractivity (Wildman–Crippen MR) is 89.4 cm³/mol. The van der Waals surface area contributed by atoms with Crippen LogP contribution in [-0.2, 0) is 4.79 Å². The maximum atomic E-state index is 12.5. The van der Waals surface area contributed by atoms with Gasteiger partial charge in [0.15, 0.2) is 0 Å². The molecule has 0 aliphatic carbocycles. The van der Waals surface area contributed by atoms with E-state index in [-0.39, 0.29) is 36.7 Å². The molecule has 2 aliphatic rings. The molecule has 0 radical (unpaired) electrons. The van der Waals surface area contributed by atoms with Crippen LogP contribution >= 0.6 is 0 Å². The fraction of sp³-hybridized carbons (Fsp3) is 0.500. The molecule has 128 valence electrons. The molecule has 1 fully saturated rings. The Kier molecular flexibility index (Phi) is 4.66. The highest BCUT2D eigenvalue weighted by Gasteiger charge is 2.36. The normalized spacial score (nSPS) is 23.6. The molecule has 24 heavy (non-hydrogen) atoms. The van der Waals surface area contributed by atoms with Crippen LogP contribution in [0.1, 0.15) is 46.9 Å².